The van der Waals surface area contributed by atoms with Crippen molar-refractivity contribution in [2.24, 2.45) is 0 Å². The first-order valence-electron chi connectivity index (χ1n) is 3.97. The van der Waals surface area contributed by atoms with E-state index in [9.17, 15) is 0 Å². The zero-order valence-electron chi connectivity index (χ0n) is 6.26. The average molecular weight is 252 g/mol. The Labute approximate surface area is 76.1 Å². The summed E-state index contributed by atoms with van der Waals surface area (Å²) in [5.41, 5.74) is 0. The second kappa shape index (κ2) is 2.60. The summed E-state index contributed by atoms with van der Waals surface area (Å²) in [6.07, 6.45) is 1.41. The maximum absolute atomic E-state index is 2.60. The highest BCUT2D eigenvalue weighted by Crippen LogP contribution is 2.32. The van der Waals surface area contributed by atoms with Gasteiger partial charge in [0.15, 0.2) is 0 Å². The normalized spacial score (nSPS) is 41.4. The van der Waals surface area contributed by atoms with Crippen molar-refractivity contribution in [3.8, 4) is 0 Å². The topological polar surface area (TPSA) is 6.48 Å². The van der Waals surface area contributed by atoms with Crippen LogP contribution >= 0.6 is 22.9 Å². The molecular formula is C7H13IN2. The van der Waals surface area contributed by atoms with Crippen molar-refractivity contribution in [1.29, 1.82) is 0 Å². The van der Waals surface area contributed by atoms with E-state index < -0.39 is 0 Å². The smallest absolute Gasteiger partial charge is 0.0337 e. The molecule has 0 saturated carbocycles. The van der Waals surface area contributed by atoms with Crippen molar-refractivity contribution in [1.82, 2.24) is 8.01 Å². The van der Waals surface area contributed by atoms with E-state index >= 15 is 0 Å². The summed E-state index contributed by atoms with van der Waals surface area (Å²) < 4.78 is 2.47. The van der Waals surface area contributed by atoms with Crippen LogP contribution in [-0.4, -0.2) is 39.7 Å². The molecule has 3 heteroatoms. The number of fused-ring (bicyclic) bond motifs is 2. The first-order valence-corrected chi connectivity index (χ1v) is 4.94. The van der Waals surface area contributed by atoms with Crippen molar-refractivity contribution in [3.63, 3.8) is 0 Å². The monoisotopic (exact) mass is 252 g/mol. The number of hydrogen-bond acceptors (Lipinski definition) is 2. The highest BCUT2D eigenvalue weighted by Gasteiger charge is 2.41. The summed E-state index contributed by atoms with van der Waals surface area (Å²) in [4.78, 5) is 2.60. The van der Waals surface area contributed by atoms with Crippen LogP contribution in [0.25, 0.3) is 0 Å². The van der Waals surface area contributed by atoms with Crippen LogP contribution in [0.5, 0.6) is 0 Å². The van der Waals surface area contributed by atoms with Gasteiger partial charge in [-0.1, -0.05) is 6.92 Å². The van der Waals surface area contributed by atoms with Gasteiger partial charge in [-0.2, -0.15) is 0 Å². The molecule has 0 N–H and O–H groups in total. The predicted octanol–water partition coefficient (Wildman–Crippen LogP) is 1.11. The fourth-order valence-corrected chi connectivity index (χ4v) is 2.95. The van der Waals surface area contributed by atoms with Crippen LogP contribution in [0.4, 0.5) is 0 Å². The van der Waals surface area contributed by atoms with Gasteiger partial charge in [-0.15, -0.1) is 0 Å². The molecule has 2 rings (SSSR count). The molecule has 2 atom stereocenters. The van der Waals surface area contributed by atoms with E-state index in [1.807, 2.05) is 0 Å². The molecule has 2 unspecified atom stereocenters. The van der Waals surface area contributed by atoms with Crippen LogP contribution in [0.1, 0.15) is 13.3 Å². The Hall–Kier alpha value is 0.650. The van der Waals surface area contributed by atoms with Gasteiger partial charge in [0.25, 0.3) is 0 Å². The standard InChI is InChI=1S/C7H13IN2/c1-2-9-4-7-3-6(9)5-10(7)8/h6-7H,2-5H2,1H3. The van der Waals surface area contributed by atoms with Crippen LogP contribution in [0.3, 0.4) is 0 Å². The number of likely N-dealkylation sites (tertiary alicyclic amines) is 1. The molecule has 0 aromatic carbocycles. The maximum atomic E-state index is 2.60. The van der Waals surface area contributed by atoms with Gasteiger partial charge in [-0.3, -0.25) is 4.90 Å². The first kappa shape index (κ1) is 7.31. The Balaban J connectivity index is 2.02. The van der Waals surface area contributed by atoms with E-state index in [2.05, 4.69) is 37.8 Å². The second-order valence-corrected chi connectivity index (χ2v) is 4.45. The molecule has 10 heavy (non-hydrogen) atoms. The SMILES string of the molecule is CCN1CC2CC1CN2I. The Morgan fingerprint density at radius 2 is 2.20 bits per heavy atom. The summed E-state index contributed by atoms with van der Waals surface area (Å²) in [6, 6.07) is 1.75. The molecular weight excluding hydrogens is 239 g/mol. The van der Waals surface area contributed by atoms with E-state index in [1.165, 1.54) is 26.1 Å². The Morgan fingerprint density at radius 1 is 1.40 bits per heavy atom. The third kappa shape index (κ3) is 0.987. The quantitative estimate of drug-likeness (QED) is 0.509. The van der Waals surface area contributed by atoms with Crippen molar-refractivity contribution >= 4 is 22.9 Å². The van der Waals surface area contributed by atoms with Gasteiger partial charge in [0.1, 0.15) is 0 Å². The average Bonchev–Trinajstić information content (AvgIpc) is 2.44. The zero-order valence-corrected chi connectivity index (χ0v) is 8.41. The molecule has 2 bridgehead atoms. The van der Waals surface area contributed by atoms with Crippen molar-refractivity contribution in [3.05, 3.63) is 0 Å². The van der Waals surface area contributed by atoms with E-state index in [0.29, 0.717) is 0 Å². The van der Waals surface area contributed by atoms with Crippen LogP contribution in [-0.2, 0) is 0 Å². The third-order valence-electron chi connectivity index (χ3n) is 2.69. The predicted molar refractivity (Wildman–Crippen MR) is 50.2 cm³/mol. The number of rotatable bonds is 1. The molecule has 0 aromatic heterocycles. The molecule has 0 radical (unpaired) electrons. The molecule has 0 spiro atoms. The number of hydrogen-bond donors (Lipinski definition) is 0. The van der Waals surface area contributed by atoms with Crippen molar-refractivity contribution in [2.75, 3.05) is 19.6 Å². The van der Waals surface area contributed by atoms with Gasteiger partial charge < -0.3 is 0 Å². The number of nitrogens with zero attached hydrogens (tertiary/aromatic N) is 2. The highest BCUT2D eigenvalue weighted by molar-refractivity contribution is 14.1. The maximum Gasteiger partial charge on any atom is 0.0337 e. The number of likely N-dealkylation sites (N-methyl/N-ethyl adjacent to an activating group) is 1. The summed E-state index contributed by atoms with van der Waals surface area (Å²) in [7, 11) is 0. The molecule has 2 aliphatic heterocycles. The molecule has 2 fully saturated rings. The van der Waals surface area contributed by atoms with Gasteiger partial charge in [0.05, 0.1) is 0 Å². The lowest BCUT2D eigenvalue weighted by Gasteiger charge is -2.29. The van der Waals surface area contributed by atoms with Crippen molar-refractivity contribution in [2.45, 2.75) is 25.4 Å². The molecule has 2 aliphatic rings. The van der Waals surface area contributed by atoms with Crippen LogP contribution in [0, 0.1) is 0 Å². The van der Waals surface area contributed by atoms with E-state index in [-0.39, 0.29) is 0 Å². The minimum Gasteiger partial charge on any atom is -0.298 e. The Kier molecular flexibility index (Phi) is 1.90. The largest absolute Gasteiger partial charge is 0.298 e. The van der Waals surface area contributed by atoms with Gasteiger partial charge in [-0.05, 0) is 13.0 Å². The number of halogens is 1. The van der Waals surface area contributed by atoms with Crippen LogP contribution in [0.2, 0.25) is 0 Å². The molecule has 2 nitrogen and oxygen atoms in total. The van der Waals surface area contributed by atoms with Gasteiger partial charge in [-0.25, -0.2) is 3.11 Å². The fraction of sp³-hybridized carbons (Fsp3) is 1.00. The van der Waals surface area contributed by atoms with E-state index in [0.717, 1.165) is 12.1 Å². The van der Waals surface area contributed by atoms with E-state index in [1.54, 1.807) is 0 Å². The lowest BCUT2D eigenvalue weighted by Crippen LogP contribution is -2.41. The van der Waals surface area contributed by atoms with Gasteiger partial charge in [0.2, 0.25) is 0 Å². The summed E-state index contributed by atoms with van der Waals surface area (Å²) in [5.74, 6) is 0. The summed E-state index contributed by atoms with van der Waals surface area (Å²) in [5, 5.41) is 0. The molecule has 58 valence electrons. The van der Waals surface area contributed by atoms with E-state index in [4.69, 9.17) is 0 Å². The van der Waals surface area contributed by atoms with Crippen LogP contribution in [0.15, 0.2) is 0 Å². The third-order valence-corrected chi connectivity index (χ3v) is 3.88. The lowest BCUT2D eigenvalue weighted by atomic mass is 10.2. The molecule has 0 amide bonds. The van der Waals surface area contributed by atoms with Crippen molar-refractivity contribution < 1.29 is 0 Å². The van der Waals surface area contributed by atoms with Gasteiger partial charge >= 0.3 is 0 Å². The zero-order chi connectivity index (χ0) is 7.14. The highest BCUT2D eigenvalue weighted by atomic mass is 127. The Bertz CT molecular complexity index is 138. The van der Waals surface area contributed by atoms with Crippen LogP contribution < -0.4 is 0 Å². The molecule has 0 aromatic rings. The summed E-state index contributed by atoms with van der Waals surface area (Å²) >= 11 is 2.46. The molecule has 2 saturated heterocycles. The Morgan fingerprint density at radius 3 is 2.60 bits per heavy atom. The lowest BCUT2D eigenvalue weighted by molar-refractivity contribution is 0.206. The minimum atomic E-state index is 0.866. The molecule has 0 aliphatic carbocycles. The summed E-state index contributed by atoms with van der Waals surface area (Å²) in [6.45, 7) is 6.10. The molecule has 2 heterocycles. The second-order valence-electron chi connectivity index (χ2n) is 3.21. The number of piperazine rings is 1. The minimum absolute atomic E-state index is 0.866. The first-order chi connectivity index (χ1) is 4.81. The van der Waals surface area contributed by atoms with Gasteiger partial charge in [0, 0.05) is 48.0 Å². The fourth-order valence-electron chi connectivity index (χ4n) is 2.09.